The summed E-state index contributed by atoms with van der Waals surface area (Å²) >= 11 is 0. The van der Waals surface area contributed by atoms with Crippen molar-refractivity contribution in [3.05, 3.63) is 29.6 Å². The minimum Gasteiger partial charge on any atom is -0.309 e. The van der Waals surface area contributed by atoms with Crippen LogP contribution < -0.4 is 5.32 Å². The summed E-state index contributed by atoms with van der Waals surface area (Å²) in [7, 11) is 2.21. The van der Waals surface area contributed by atoms with E-state index in [1.54, 1.807) is 0 Å². The molecule has 1 aliphatic carbocycles. The van der Waals surface area contributed by atoms with Gasteiger partial charge in [-0.3, -0.25) is 4.98 Å². The van der Waals surface area contributed by atoms with Crippen LogP contribution in [0.15, 0.2) is 18.3 Å². The summed E-state index contributed by atoms with van der Waals surface area (Å²) in [6.07, 6.45) is 6.89. The highest BCUT2D eigenvalue weighted by Crippen LogP contribution is 2.27. The molecular weight excluding hydrogens is 260 g/mol. The number of aromatic nitrogens is 1. The van der Waals surface area contributed by atoms with E-state index in [2.05, 4.69) is 39.3 Å². The van der Waals surface area contributed by atoms with Gasteiger partial charge in [-0.15, -0.1) is 0 Å². The van der Waals surface area contributed by atoms with Gasteiger partial charge in [0, 0.05) is 38.4 Å². The van der Waals surface area contributed by atoms with Gasteiger partial charge in [0.1, 0.15) is 0 Å². The van der Waals surface area contributed by atoms with Crippen molar-refractivity contribution < 1.29 is 0 Å². The predicted octanol–water partition coefficient (Wildman–Crippen LogP) is 1.69. The molecule has 1 unspecified atom stereocenters. The Hall–Kier alpha value is -0.970. The average molecular weight is 288 g/mol. The second-order valence-corrected chi connectivity index (χ2v) is 6.45. The molecule has 0 spiro atoms. The van der Waals surface area contributed by atoms with Crippen molar-refractivity contribution in [2.45, 2.75) is 31.7 Å². The molecule has 1 aromatic rings. The highest BCUT2D eigenvalue weighted by atomic mass is 15.2. The number of nitrogens with one attached hydrogen (secondary N) is 1. The molecule has 0 saturated carbocycles. The fraction of sp³-hybridized carbons (Fsp3) is 0.706. The highest BCUT2D eigenvalue weighted by Gasteiger charge is 2.20. The summed E-state index contributed by atoms with van der Waals surface area (Å²) in [4.78, 5) is 9.61. The maximum absolute atomic E-state index is 4.60. The van der Waals surface area contributed by atoms with Crippen LogP contribution in [-0.4, -0.2) is 61.1 Å². The third-order valence-corrected chi connectivity index (χ3v) is 4.83. The van der Waals surface area contributed by atoms with E-state index in [1.807, 2.05) is 6.20 Å². The Labute approximate surface area is 128 Å². The largest absolute Gasteiger partial charge is 0.309 e. The van der Waals surface area contributed by atoms with E-state index in [-0.39, 0.29) is 0 Å². The van der Waals surface area contributed by atoms with E-state index < -0.39 is 0 Å². The van der Waals surface area contributed by atoms with Gasteiger partial charge in [0.25, 0.3) is 0 Å². The maximum atomic E-state index is 4.60. The lowest BCUT2D eigenvalue weighted by molar-refractivity contribution is 0.152. The van der Waals surface area contributed by atoms with Crippen LogP contribution in [0.25, 0.3) is 0 Å². The van der Waals surface area contributed by atoms with Crippen molar-refractivity contribution in [2.75, 3.05) is 46.3 Å². The SMILES string of the molecule is CN1CCN(CCCNC2CCCc3cccnc32)CC1. The molecule has 1 aromatic heterocycles. The second kappa shape index (κ2) is 7.34. The molecule has 4 heteroatoms. The van der Waals surface area contributed by atoms with E-state index in [1.165, 1.54) is 69.7 Å². The number of nitrogens with zero attached hydrogens (tertiary/aromatic N) is 3. The van der Waals surface area contributed by atoms with Crippen LogP contribution in [0.5, 0.6) is 0 Å². The zero-order valence-electron chi connectivity index (χ0n) is 13.2. The summed E-state index contributed by atoms with van der Waals surface area (Å²) in [6, 6.07) is 4.78. The van der Waals surface area contributed by atoms with Gasteiger partial charge in [0.2, 0.25) is 0 Å². The summed E-state index contributed by atoms with van der Waals surface area (Å²) in [5.74, 6) is 0. The van der Waals surface area contributed by atoms with Crippen LogP contribution in [0.3, 0.4) is 0 Å². The van der Waals surface area contributed by atoms with Gasteiger partial charge in [-0.25, -0.2) is 0 Å². The summed E-state index contributed by atoms with van der Waals surface area (Å²) < 4.78 is 0. The number of piperazine rings is 1. The van der Waals surface area contributed by atoms with Crippen molar-refractivity contribution in [2.24, 2.45) is 0 Å². The van der Waals surface area contributed by atoms with Crippen molar-refractivity contribution in [1.29, 1.82) is 0 Å². The van der Waals surface area contributed by atoms with Crippen LogP contribution in [0, 0.1) is 0 Å². The molecule has 2 heterocycles. The topological polar surface area (TPSA) is 31.4 Å². The van der Waals surface area contributed by atoms with E-state index in [0.717, 1.165) is 6.54 Å². The van der Waals surface area contributed by atoms with E-state index in [0.29, 0.717) is 6.04 Å². The van der Waals surface area contributed by atoms with Gasteiger partial charge in [-0.2, -0.15) is 0 Å². The molecule has 1 fully saturated rings. The number of hydrogen-bond acceptors (Lipinski definition) is 4. The van der Waals surface area contributed by atoms with Crippen molar-refractivity contribution in [3.8, 4) is 0 Å². The molecule has 2 aliphatic rings. The van der Waals surface area contributed by atoms with E-state index in [4.69, 9.17) is 0 Å². The smallest absolute Gasteiger partial charge is 0.0605 e. The molecule has 1 aliphatic heterocycles. The Morgan fingerprint density at radius 2 is 2.14 bits per heavy atom. The molecule has 1 saturated heterocycles. The number of likely N-dealkylation sites (N-methyl/N-ethyl adjacent to an activating group) is 1. The van der Waals surface area contributed by atoms with Gasteiger partial charge in [0.05, 0.1) is 5.69 Å². The predicted molar refractivity (Wildman–Crippen MR) is 86.5 cm³/mol. The number of fused-ring (bicyclic) bond motifs is 1. The molecule has 21 heavy (non-hydrogen) atoms. The Balaban J connectivity index is 1.40. The second-order valence-electron chi connectivity index (χ2n) is 6.45. The van der Waals surface area contributed by atoms with Gasteiger partial charge in [0.15, 0.2) is 0 Å². The number of hydrogen-bond donors (Lipinski definition) is 1. The minimum absolute atomic E-state index is 0.474. The first-order valence-electron chi connectivity index (χ1n) is 8.41. The lowest BCUT2D eigenvalue weighted by atomic mass is 9.92. The van der Waals surface area contributed by atoms with E-state index in [9.17, 15) is 0 Å². The first kappa shape index (κ1) is 14.9. The van der Waals surface area contributed by atoms with Crippen LogP contribution in [-0.2, 0) is 6.42 Å². The molecule has 1 N–H and O–H groups in total. The lowest BCUT2D eigenvalue weighted by Crippen LogP contribution is -2.45. The van der Waals surface area contributed by atoms with Gasteiger partial charge >= 0.3 is 0 Å². The molecule has 0 amide bonds. The Morgan fingerprint density at radius 1 is 1.29 bits per heavy atom. The maximum Gasteiger partial charge on any atom is 0.0605 e. The molecule has 3 rings (SSSR count). The average Bonchev–Trinajstić information content (AvgIpc) is 2.53. The third-order valence-electron chi connectivity index (χ3n) is 4.83. The zero-order chi connectivity index (χ0) is 14.5. The van der Waals surface area contributed by atoms with Crippen LogP contribution in [0.1, 0.15) is 36.6 Å². The van der Waals surface area contributed by atoms with Crippen LogP contribution >= 0.6 is 0 Å². The minimum atomic E-state index is 0.474. The molecule has 0 bridgehead atoms. The monoisotopic (exact) mass is 288 g/mol. The standard InChI is InChI=1S/C17H28N4/c1-20-11-13-21(14-12-20)10-4-9-18-16-7-2-5-15-6-3-8-19-17(15)16/h3,6,8,16,18H,2,4-5,7,9-14H2,1H3. The van der Waals surface area contributed by atoms with Crippen LogP contribution in [0.2, 0.25) is 0 Å². The fourth-order valence-electron chi connectivity index (χ4n) is 3.46. The summed E-state index contributed by atoms with van der Waals surface area (Å²) in [6.45, 7) is 7.21. The third kappa shape index (κ3) is 4.02. The van der Waals surface area contributed by atoms with Crippen molar-refractivity contribution in [3.63, 3.8) is 0 Å². The summed E-state index contributed by atoms with van der Waals surface area (Å²) in [5, 5.41) is 3.73. The Kier molecular flexibility index (Phi) is 5.22. The molecular formula is C17H28N4. The van der Waals surface area contributed by atoms with Gasteiger partial charge in [-0.1, -0.05) is 6.07 Å². The van der Waals surface area contributed by atoms with Crippen molar-refractivity contribution in [1.82, 2.24) is 20.1 Å². The number of pyridine rings is 1. The Morgan fingerprint density at radius 3 is 3.00 bits per heavy atom. The zero-order valence-corrected chi connectivity index (χ0v) is 13.2. The molecule has 4 nitrogen and oxygen atoms in total. The molecule has 116 valence electrons. The number of aryl methyl sites for hydroxylation is 1. The van der Waals surface area contributed by atoms with Gasteiger partial charge in [-0.05, 0) is 57.5 Å². The number of rotatable bonds is 5. The molecule has 0 aromatic carbocycles. The normalized spacial score (nSPS) is 24.0. The molecule has 0 radical (unpaired) electrons. The quantitative estimate of drug-likeness (QED) is 0.836. The van der Waals surface area contributed by atoms with E-state index >= 15 is 0 Å². The summed E-state index contributed by atoms with van der Waals surface area (Å²) in [5.41, 5.74) is 2.74. The van der Waals surface area contributed by atoms with Crippen molar-refractivity contribution >= 4 is 0 Å². The van der Waals surface area contributed by atoms with Gasteiger partial charge < -0.3 is 15.1 Å². The first-order valence-corrected chi connectivity index (χ1v) is 8.41. The Bertz CT molecular complexity index is 440. The lowest BCUT2D eigenvalue weighted by Gasteiger charge is -2.32. The fourth-order valence-corrected chi connectivity index (χ4v) is 3.46. The first-order chi connectivity index (χ1) is 10.3. The molecule has 1 atom stereocenters. The van der Waals surface area contributed by atoms with Crippen LogP contribution in [0.4, 0.5) is 0 Å². The highest BCUT2D eigenvalue weighted by molar-refractivity contribution is 5.25.